The second kappa shape index (κ2) is 6.62. The zero-order chi connectivity index (χ0) is 19.2. The number of ether oxygens (including phenoxy) is 2. The first-order chi connectivity index (χ1) is 12.9. The number of fused-ring (bicyclic) bond motifs is 3. The van der Waals surface area contributed by atoms with E-state index in [2.05, 4.69) is 32.0 Å². The van der Waals surface area contributed by atoms with Crippen LogP contribution in [0.4, 0.5) is 0 Å². The molecular formula is C22H31N3O2. The molecule has 1 aromatic rings. The molecule has 1 saturated carbocycles. The maximum Gasteiger partial charge on any atom is 0.184 e. The summed E-state index contributed by atoms with van der Waals surface area (Å²) in [4.78, 5) is 10.1. The number of nitrogens with zero attached hydrogens (tertiary/aromatic N) is 2. The molecule has 0 bridgehead atoms. The van der Waals surface area contributed by atoms with Crippen LogP contribution in [0.25, 0.3) is 0 Å². The average Bonchev–Trinajstić information content (AvgIpc) is 3.11. The Kier molecular flexibility index (Phi) is 4.53. The first-order valence-corrected chi connectivity index (χ1v) is 10.2. The van der Waals surface area contributed by atoms with E-state index < -0.39 is 5.66 Å². The zero-order valence-electron chi connectivity index (χ0n) is 16.9. The lowest BCUT2D eigenvalue weighted by Crippen LogP contribution is -2.43. The molecule has 1 aromatic carbocycles. The summed E-state index contributed by atoms with van der Waals surface area (Å²) in [5.41, 5.74) is 8.99. The van der Waals surface area contributed by atoms with E-state index in [4.69, 9.17) is 25.2 Å². The number of amidine groups is 1. The molecule has 27 heavy (non-hydrogen) atoms. The average molecular weight is 370 g/mol. The van der Waals surface area contributed by atoms with Gasteiger partial charge in [-0.05, 0) is 70.1 Å². The van der Waals surface area contributed by atoms with E-state index in [-0.39, 0.29) is 11.5 Å². The van der Waals surface area contributed by atoms with Gasteiger partial charge in [0.1, 0.15) is 11.6 Å². The SMILES string of the molecule is CC[C@@H](C)Oc1ccc2c(c1)C1(N=C(C)C(N)=N1)C1(CCC(OC)CC1)C2. The zero-order valence-corrected chi connectivity index (χ0v) is 16.9. The summed E-state index contributed by atoms with van der Waals surface area (Å²) in [6.45, 7) is 6.21. The van der Waals surface area contributed by atoms with Gasteiger partial charge in [-0.25, -0.2) is 4.99 Å². The topological polar surface area (TPSA) is 69.2 Å². The van der Waals surface area contributed by atoms with Gasteiger partial charge in [-0.2, -0.15) is 0 Å². The Morgan fingerprint density at radius 3 is 2.59 bits per heavy atom. The van der Waals surface area contributed by atoms with Crippen molar-refractivity contribution in [2.75, 3.05) is 7.11 Å². The smallest absolute Gasteiger partial charge is 0.184 e. The number of hydrogen-bond donors (Lipinski definition) is 1. The van der Waals surface area contributed by atoms with Crippen LogP contribution in [0.3, 0.4) is 0 Å². The summed E-state index contributed by atoms with van der Waals surface area (Å²) in [5.74, 6) is 1.47. The minimum Gasteiger partial charge on any atom is -0.491 e. The summed E-state index contributed by atoms with van der Waals surface area (Å²) in [6, 6.07) is 6.47. The van der Waals surface area contributed by atoms with E-state index in [1.54, 1.807) is 0 Å². The van der Waals surface area contributed by atoms with Crippen molar-refractivity contribution >= 4 is 11.5 Å². The number of methoxy groups -OCH3 is 1. The second-order valence-corrected chi connectivity index (χ2v) is 8.41. The van der Waals surface area contributed by atoms with Crippen molar-refractivity contribution in [1.29, 1.82) is 0 Å². The third kappa shape index (κ3) is 2.78. The summed E-state index contributed by atoms with van der Waals surface area (Å²) >= 11 is 0. The fourth-order valence-corrected chi connectivity index (χ4v) is 5.04. The molecule has 0 aromatic heterocycles. The van der Waals surface area contributed by atoms with Gasteiger partial charge < -0.3 is 15.2 Å². The Morgan fingerprint density at radius 2 is 2.00 bits per heavy atom. The number of rotatable bonds is 4. The van der Waals surface area contributed by atoms with Gasteiger partial charge in [0.15, 0.2) is 5.66 Å². The van der Waals surface area contributed by atoms with Crippen LogP contribution in [0.2, 0.25) is 0 Å². The van der Waals surface area contributed by atoms with Crippen molar-refractivity contribution in [2.24, 2.45) is 21.1 Å². The molecule has 5 nitrogen and oxygen atoms in total. The van der Waals surface area contributed by atoms with Gasteiger partial charge in [0.05, 0.1) is 17.9 Å². The van der Waals surface area contributed by atoms with Gasteiger partial charge in [0.25, 0.3) is 0 Å². The molecule has 5 heteroatoms. The molecule has 1 fully saturated rings. The molecule has 1 heterocycles. The maximum atomic E-state index is 6.24. The highest BCUT2D eigenvalue weighted by atomic mass is 16.5. The Balaban J connectivity index is 1.78. The van der Waals surface area contributed by atoms with Gasteiger partial charge in [-0.3, -0.25) is 4.99 Å². The van der Waals surface area contributed by atoms with Crippen LogP contribution in [0.15, 0.2) is 28.2 Å². The Morgan fingerprint density at radius 1 is 1.26 bits per heavy atom. The Labute approximate surface area is 162 Å². The highest BCUT2D eigenvalue weighted by molar-refractivity contribution is 6.41. The molecule has 4 rings (SSSR count). The van der Waals surface area contributed by atoms with Crippen molar-refractivity contribution in [2.45, 2.75) is 77.2 Å². The van der Waals surface area contributed by atoms with E-state index in [1.807, 2.05) is 14.0 Å². The minimum absolute atomic E-state index is 0.0122. The molecule has 2 aliphatic carbocycles. The predicted molar refractivity (Wildman–Crippen MR) is 109 cm³/mol. The van der Waals surface area contributed by atoms with Crippen LogP contribution in [0.1, 0.15) is 64.0 Å². The molecule has 2 spiro atoms. The normalized spacial score (nSPS) is 33.1. The standard InChI is InChI=1S/C22H31N3O2/c1-5-14(2)27-18-7-6-16-13-21(10-8-17(26-4)9-11-21)22(19(16)12-18)24-15(3)20(23)25-22/h6-7,12,14,17H,5,8-11,13H2,1-4H3,(H2,23,25)/t14-,17?,21?,22?/m1/s1. The van der Waals surface area contributed by atoms with E-state index in [1.165, 1.54) is 11.1 Å². The molecule has 0 amide bonds. The van der Waals surface area contributed by atoms with Crippen LogP contribution < -0.4 is 10.5 Å². The van der Waals surface area contributed by atoms with E-state index >= 15 is 0 Å². The second-order valence-electron chi connectivity index (χ2n) is 8.41. The van der Waals surface area contributed by atoms with Crippen LogP contribution >= 0.6 is 0 Å². The summed E-state index contributed by atoms with van der Waals surface area (Å²) in [7, 11) is 1.81. The maximum absolute atomic E-state index is 6.24. The fraction of sp³-hybridized carbons (Fsp3) is 0.636. The highest BCUT2D eigenvalue weighted by Crippen LogP contribution is 2.62. The molecular weight excluding hydrogens is 338 g/mol. The molecule has 2 N–H and O–H groups in total. The lowest BCUT2D eigenvalue weighted by atomic mass is 9.65. The van der Waals surface area contributed by atoms with Crippen molar-refractivity contribution < 1.29 is 9.47 Å². The van der Waals surface area contributed by atoms with Crippen molar-refractivity contribution in [3.05, 3.63) is 29.3 Å². The van der Waals surface area contributed by atoms with Crippen LogP contribution in [-0.2, 0) is 16.8 Å². The molecule has 3 aliphatic rings. The predicted octanol–water partition coefficient (Wildman–Crippen LogP) is 3.98. The van der Waals surface area contributed by atoms with Gasteiger partial charge in [0.2, 0.25) is 0 Å². The molecule has 0 saturated heterocycles. The third-order valence-electron chi connectivity index (χ3n) is 6.84. The molecule has 1 aliphatic heterocycles. The first-order valence-electron chi connectivity index (χ1n) is 10.2. The van der Waals surface area contributed by atoms with Crippen molar-refractivity contribution in [3.63, 3.8) is 0 Å². The summed E-state index contributed by atoms with van der Waals surface area (Å²) in [6.07, 6.45) is 6.70. The Hall–Kier alpha value is -1.88. The quantitative estimate of drug-likeness (QED) is 0.873. The third-order valence-corrected chi connectivity index (χ3v) is 6.84. The van der Waals surface area contributed by atoms with Gasteiger partial charge in [-0.1, -0.05) is 13.0 Å². The van der Waals surface area contributed by atoms with Gasteiger partial charge in [-0.15, -0.1) is 0 Å². The highest BCUT2D eigenvalue weighted by Gasteiger charge is 2.60. The van der Waals surface area contributed by atoms with Crippen molar-refractivity contribution in [1.82, 2.24) is 0 Å². The van der Waals surface area contributed by atoms with Crippen LogP contribution in [0.5, 0.6) is 5.75 Å². The number of aliphatic imine (C=N–C) groups is 2. The molecule has 1 unspecified atom stereocenters. The van der Waals surface area contributed by atoms with Crippen molar-refractivity contribution in [3.8, 4) is 5.75 Å². The fourth-order valence-electron chi connectivity index (χ4n) is 5.04. The lowest BCUT2D eigenvalue weighted by Gasteiger charge is -2.44. The molecule has 0 radical (unpaired) electrons. The summed E-state index contributed by atoms with van der Waals surface area (Å²) < 4.78 is 11.7. The largest absolute Gasteiger partial charge is 0.491 e. The minimum atomic E-state index is -0.593. The van der Waals surface area contributed by atoms with Gasteiger partial charge >= 0.3 is 0 Å². The van der Waals surface area contributed by atoms with Crippen LogP contribution in [-0.4, -0.2) is 30.9 Å². The lowest BCUT2D eigenvalue weighted by molar-refractivity contribution is -0.000410. The van der Waals surface area contributed by atoms with E-state index in [9.17, 15) is 0 Å². The monoisotopic (exact) mass is 369 g/mol. The van der Waals surface area contributed by atoms with E-state index in [0.29, 0.717) is 11.9 Å². The number of hydrogen-bond acceptors (Lipinski definition) is 5. The number of benzene rings is 1. The number of nitrogens with two attached hydrogens (primary N) is 1. The van der Waals surface area contributed by atoms with Crippen LogP contribution in [0, 0.1) is 5.41 Å². The summed E-state index contributed by atoms with van der Waals surface area (Å²) in [5, 5.41) is 0. The molecule has 2 atom stereocenters. The van der Waals surface area contributed by atoms with E-state index in [0.717, 1.165) is 50.0 Å². The Bertz CT molecular complexity index is 773. The first kappa shape index (κ1) is 18.5. The van der Waals surface area contributed by atoms with Gasteiger partial charge in [0, 0.05) is 18.1 Å². The molecule has 146 valence electrons.